The van der Waals surface area contributed by atoms with Gasteiger partial charge in [0.25, 0.3) is 0 Å². The lowest BCUT2D eigenvalue weighted by Gasteiger charge is -2.23. The second kappa shape index (κ2) is 7.16. The number of fused-ring (bicyclic) bond motifs is 1. The molecule has 23 heavy (non-hydrogen) atoms. The highest BCUT2D eigenvalue weighted by atomic mass is 19.4. The number of rotatable bonds is 5. The number of hydrogen-bond acceptors (Lipinski definition) is 4. The fourth-order valence-electron chi connectivity index (χ4n) is 2.56. The molecule has 130 valence electrons. The Morgan fingerprint density at radius 1 is 1.48 bits per heavy atom. The van der Waals surface area contributed by atoms with E-state index < -0.39 is 18.8 Å². The third-order valence-electron chi connectivity index (χ3n) is 3.51. The Labute approximate surface area is 132 Å². The highest BCUT2D eigenvalue weighted by Crippen LogP contribution is 2.22. The van der Waals surface area contributed by atoms with Gasteiger partial charge >= 0.3 is 12.2 Å². The second-order valence-electron chi connectivity index (χ2n) is 5.69. The summed E-state index contributed by atoms with van der Waals surface area (Å²) in [5.41, 5.74) is 0. The molecule has 1 aliphatic heterocycles. The number of aryl methyl sites for hydroxylation is 2. The van der Waals surface area contributed by atoms with E-state index in [0.717, 1.165) is 30.1 Å². The third kappa shape index (κ3) is 5.38. The Balaban J connectivity index is 1.76. The van der Waals surface area contributed by atoms with Crippen molar-refractivity contribution in [2.24, 2.45) is 0 Å². The fraction of sp³-hybridized carbons (Fsp3) is 0.769. The summed E-state index contributed by atoms with van der Waals surface area (Å²) >= 11 is 0. The summed E-state index contributed by atoms with van der Waals surface area (Å²) in [5.74, 6) is 1.38. The molecule has 1 aromatic rings. The Bertz CT molecular complexity index is 544. The maximum Gasteiger partial charge on any atom is 0.401 e. The minimum Gasteiger partial charge on any atom is -0.337 e. The lowest BCUT2D eigenvalue weighted by atomic mass is 10.1. The molecule has 2 heterocycles. The van der Waals surface area contributed by atoms with Gasteiger partial charge in [0.15, 0.2) is 0 Å². The van der Waals surface area contributed by atoms with Crippen molar-refractivity contribution in [1.29, 1.82) is 0 Å². The monoisotopic (exact) mass is 334 g/mol. The van der Waals surface area contributed by atoms with E-state index in [1.165, 1.54) is 7.05 Å². The predicted octanol–water partition coefficient (Wildman–Crippen LogP) is 1.21. The van der Waals surface area contributed by atoms with Crippen molar-refractivity contribution >= 4 is 6.03 Å². The Kier molecular flexibility index (Phi) is 5.45. The van der Waals surface area contributed by atoms with Crippen molar-refractivity contribution in [3.8, 4) is 0 Å². The van der Waals surface area contributed by atoms with E-state index in [0.29, 0.717) is 5.82 Å². The van der Waals surface area contributed by atoms with Gasteiger partial charge in [-0.3, -0.25) is 4.90 Å². The molecule has 0 saturated heterocycles. The summed E-state index contributed by atoms with van der Waals surface area (Å²) in [5, 5.41) is 9.61. The first-order valence-corrected chi connectivity index (χ1v) is 7.45. The zero-order valence-electron chi connectivity index (χ0n) is 13.2. The van der Waals surface area contributed by atoms with Gasteiger partial charge in [0.1, 0.15) is 11.6 Å². The van der Waals surface area contributed by atoms with Crippen LogP contribution < -0.4 is 10.6 Å². The molecule has 0 fully saturated rings. The second-order valence-corrected chi connectivity index (χ2v) is 5.69. The summed E-state index contributed by atoms with van der Waals surface area (Å²) in [4.78, 5) is 17.3. The summed E-state index contributed by atoms with van der Waals surface area (Å²) in [6.45, 7) is 1.82. The number of urea groups is 1. The number of carbonyl (C=O) groups excluding carboxylic acids is 1. The lowest BCUT2D eigenvalue weighted by molar-refractivity contribution is -0.142. The van der Waals surface area contributed by atoms with Crippen LogP contribution in [0.1, 0.15) is 30.5 Å². The third-order valence-corrected chi connectivity index (χ3v) is 3.51. The van der Waals surface area contributed by atoms with Crippen LogP contribution in [0, 0.1) is 6.92 Å². The number of carbonyl (C=O) groups is 1. The number of nitrogens with one attached hydrogen (secondary N) is 2. The quantitative estimate of drug-likeness (QED) is 0.849. The minimum absolute atomic E-state index is 0.118. The molecule has 0 saturated carbocycles. The van der Waals surface area contributed by atoms with E-state index in [2.05, 4.69) is 20.7 Å². The first-order chi connectivity index (χ1) is 10.7. The average Bonchev–Trinajstić information content (AvgIpc) is 2.78. The molecule has 0 bridgehead atoms. The minimum atomic E-state index is -4.24. The van der Waals surface area contributed by atoms with Crippen LogP contribution >= 0.6 is 0 Å². The zero-order valence-corrected chi connectivity index (χ0v) is 13.2. The first-order valence-electron chi connectivity index (χ1n) is 7.45. The topological polar surface area (TPSA) is 75.1 Å². The van der Waals surface area contributed by atoms with Crippen molar-refractivity contribution in [2.45, 2.75) is 38.5 Å². The predicted molar refractivity (Wildman–Crippen MR) is 76.8 cm³/mol. The number of alkyl halides is 3. The van der Waals surface area contributed by atoms with Crippen molar-refractivity contribution in [3.63, 3.8) is 0 Å². The van der Waals surface area contributed by atoms with Gasteiger partial charge in [0, 0.05) is 19.6 Å². The summed E-state index contributed by atoms with van der Waals surface area (Å²) in [6, 6.07) is -0.637. The SMILES string of the molecule is Cc1nc2n(n1)CCC[C@H]2NC(=O)NCCN(C)CC(F)(F)F. The Hall–Kier alpha value is -1.84. The molecule has 7 nitrogen and oxygen atoms in total. The van der Waals surface area contributed by atoms with Crippen LogP contribution in [0.2, 0.25) is 0 Å². The van der Waals surface area contributed by atoms with E-state index in [-0.39, 0.29) is 19.1 Å². The highest BCUT2D eigenvalue weighted by molar-refractivity contribution is 5.74. The molecule has 2 rings (SSSR count). The van der Waals surface area contributed by atoms with Gasteiger partial charge in [-0.1, -0.05) is 0 Å². The molecule has 1 atom stereocenters. The van der Waals surface area contributed by atoms with Gasteiger partial charge in [-0.25, -0.2) is 14.5 Å². The van der Waals surface area contributed by atoms with Gasteiger partial charge in [-0.05, 0) is 26.8 Å². The van der Waals surface area contributed by atoms with E-state index in [9.17, 15) is 18.0 Å². The van der Waals surface area contributed by atoms with Crippen LogP contribution in [0.15, 0.2) is 0 Å². The number of hydrogen-bond donors (Lipinski definition) is 2. The van der Waals surface area contributed by atoms with Crippen LogP contribution in [-0.4, -0.2) is 58.6 Å². The maximum atomic E-state index is 12.2. The highest BCUT2D eigenvalue weighted by Gasteiger charge is 2.29. The molecule has 2 N–H and O–H groups in total. The molecule has 0 spiro atoms. The van der Waals surface area contributed by atoms with Gasteiger partial charge in [0.2, 0.25) is 0 Å². The Morgan fingerprint density at radius 2 is 2.22 bits per heavy atom. The fourth-order valence-corrected chi connectivity index (χ4v) is 2.56. The van der Waals surface area contributed by atoms with Gasteiger partial charge in [0.05, 0.1) is 12.6 Å². The largest absolute Gasteiger partial charge is 0.401 e. The average molecular weight is 334 g/mol. The van der Waals surface area contributed by atoms with Crippen molar-refractivity contribution in [2.75, 3.05) is 26.7 Å². The maximum absolute atomic E-state index is 12.2. The molecule has 2 amide bonds. The Morgan fingerprint density at radius 3 is 2.91 bits per heavy atom. The normalized spacial score (nSPS) is 17.9. The van der Waals surface area contributed by atoms with Crippen molar-refractivity contribution in [1.82, 2.24) is 30.3 Å². The summed E-state index contributed by atoms with van der Waals surface area (Å²) in [6.07, 6.45) is -2.59. The molecule has 0 radical (unpaired) electrons. The van der Waals surface area contributed by atoms with Crippen LogP contribution in [0.25, 0.3) is 0 Å². The van der Waals surface area contributed by atoms with Crippen LogP contribution in [0.5, 0.6) is 0 Å². The van der Waals surface area contributed by atoms with Gasteiger partial charge in [-0.15, -0.1) is 0 Å². The van der Waals surface area contributed by atoms with E-state index >= 15 is 0 Å². The summed E-state index contributed by atoms with van der Waals surface area (Å²) in [7, 11) is 1.36. The number of nitrogens with zero attached hydrogens (tertiary/aromatic N) is 4. The van der Waals surface area contributed by atoms with E-state index in [4.69, 9.17) is 0 Å². The molecule has 0 aromatic carbocycles. The molecule has 10 heteroatoms. The molecular weight excluding hydrogens is 313 g/mol. The number of amides is 2. The first kappa shape index (κ1) is 17.5. The zero-order chi connectivity index (χ0) is 17.0. The summed E-state index contributed by atoms with van der Waals surface area (Å²) < 4.78 is 38.3. The molecule has 1 aromatic heterocycles. The van der Waals surface area contributed by atoms with Crippen LogP contribution in [0.4, 0.5) is 18.0 Å². The lowest BCUT2D eigenvalue weighted by Crippen LogP contribution is -2.43. The smallest absolute Gasteiger partial charge is 0.337 e. The molecule has 0 aliphatic carbocycles. The number of likely N-dealkylation sites (N-methyl/N-ethyl adjacent to an activating group) is 1. The van der Waals surface area contributed by atoms with E-state index in [1.54, 1.807) is 11.6 Å². The molecule has 1 aliphatic rings. The molecule has 0 unspecified atom stereocenters. The number of aromatic nitrogens is 3. The van der Waals surface area contributed by atoms with Crippen molar-refractivity contribution < 1.29 is 18.0 Å². The van der Waals surface area contributed by atoms with Crippen molar-refractivity contribution in [3.05, 3.63) is 11.6 Å². The van der Waals surface area contributed by atoms with Gasteiger partial charge < -0.3 is 10.6 Å². The van der Waals surface area contributed by atoms with Crippen LogP contribution in [0.3, 0.4) is 0 Å². The number of halogens is 3. The van der Waals surface area contributed by atoms with E-state index in [1.807, 2.05) is 0 Å². The van der Waals surface area contributed by atoms with Crippen LogP contribution in [-0.2, 0) is 6.54 Å². The molecular formula is C13H21F3N6O. The standard InChI is InChI=1S/C13H21F3N6O/c1-9-18-11-10(4-3-6-22(11)20-9)19-12(23)17-5-7-21(2)8-13(14,15)16/h10H,3-8H2,1-2H3,(H2,17,19,23)/t10-/m1/s1. The van der Waals surface area contributed by atoms with Gasteiger partial charge in [-0.2, -0.15) is 18.3 Å².